The summed E-state index contributed by atoms with van der Waals surface area (Å²) in [4.78, 5) is 18.2. The molecule has 1 aromatic heterocycles. The maximum Gasteiger partial charge on any atom is 0.341 e. The maximum atomic E-state index is 10.6. The molecule has 0 saturated carbocycles. The number of benzene rings is 2. The van der Waals surface area contributed by atoms with Gasteiger partial charge in [-0.2, -0.15) is 0 Å². The number of carboxylic acids is 1. The van der Waals surface area contributed by atoms with Crippen LogP contribution >= 0.6 is 23.2 Å². The Labute approximate surface area is 159 Å². The van der Waals surface area contributed by atoms with E-state index in [0.29, 0.717) is 27.4 Å². The highest BCUT2D eigenvalue weighted by atomic mass is 35.5. The van der Waals surface area contributed by atoms with Crippen molar-refractivity contribution in [1.82, 2.24) is 9.97 Å². The third kappa shape index (κ3) is 4.09. The number of aromatic nitrogens is 2. The first-order chi connectivity index (χ1) is 12.5. The molecule has 0 radical (unpaired) electrons. The summed E-state index contributed by atoms with van der Waals surface area (Å²) in [5.74, 6) is 0.181. The Morgan fingerprint density at radius 3 is 2.81 bits per heavy atom. The van der Waals surface area contributed by atoms with Crippen LogP contribution in [0.4, 0.5) is 0 Å². The second-order valence-corrected chi connectivity index (χ2v) is 6.18. The van der Waals surface area contributed by atoms with E-state index in [0.717, 1.165) is 16.6 Å². The summed E-state index contributed by atoms with van der Waals surface area (Å²) in [6, 6.07) is 10.4. The van der Waals surface area contributed by atoms with E-state index in [4.69, 9.17) is 37.8 Å². The first-order valence-electron chi connectivity index (χ1n) is 7.52. The molecule has 3 aromatic rings. The van der Waals surface area contributed by atoms with Crippen molar-refractivity contribution in [3.05, 3.63) is 52.8 Å². The van der Waals surface area contributed by atoms with Gasteiger partial charge >= 0.3 is 5.97 Å². The molecular formula is C18H14Cl2N2O4. The topological polar surface area (TPSA) is 84.4 Å². The lowest BCUT2D eigenvalue weighted by Gasteiger charge is -2.09. The molecule has 3 rings (SSSR count). The number of H-pyrrole nitrogens is 1. The highest BCUT2D eigenvalue weighted by molar-refractivity contribution is 6.50. The fourth-order valence-electron chi connectivity index (χ4n) is 2.34. The van der Waals surface area contributed by atoms with E-state index in [1.165, 1.54) is 7.11 Å². The molecule has 1 heterocycles. The quantitative estimate of drug-likeness (QED) is 0.648. The SMILES string of the molecule is COc1cc(/C=C(\Cl)c2nc3ccc(Cl)cc3[nH]2)ccc1OCC(=O)O. The van der Waals surface area contributed by atoms with Crippen LogP contribution < -0.4 is 9.47 Å². The molecule has 26 heavy (non-hydrogen) atoms. The molecule has 8 heteroatoms. The van der Waals surface area contributed by atoms with Crippen LogP contribution in [0.15, 0.2) is 36.4 Å². The standard InChI is InChI=1S/C18H14Cl2N2O4/c1-25-16-7-10(2-5-15(16)26-9-17(23)24)6-12(20)18-21-13-4-3-11(19)8-14(13)22-18/h2-8H,9H2,1H3,(H,21,22)(H,23,24)/b12-6-. The van der Waals surface area contributed by atoms with Crippen molar-refractivity contribution in [2.24, 2.45) is 0 Å². The van der Waals surface area contributed by atoms with E-state index in [2.05, 4.69) is 9.97 Å². The Morgan fingerprint density at radius 2 is 2.08 bits per heavy atom. The maximum absolute atomic E-state index is 10.6. The van der Waals surface area contributed by atoms with Crippen LogP contribution in [0.25, 0.3) is 22.1 Å². The number of aliphatic carboxylic acids is 1. The molecule has 0 spiro atoms. The molecule has 0 aliphatic rings. The Hall–Kier alpha value is -2.70. The molecular weight excluding hydrogens is 379 g/mol. The molecule has 0 aliphatic heterocycles. The molecule has 0 fully saturated rings. The van der Waals surface area contributed by atoms with Gasteiger partial charge in [-0.05, 0) is 42.0 Å². The number of imidazole rings is 1. The van der Waals surface area contributed by atoms with Gasteiger partial charge in [0.05, 0.1) is 23.2 Å². The van der Waals surface area contributed by atoms with Crippen LogP contribution in [-0.4, -0.2) is 34.8 Å². The van der Waals surface area contributed by atoms with Crippen LogP contribution in [0.2, 0.25) is 5.02 Å². The van der Waals surface area contributed by atoms with E-state index >= 15 is 0 Å². The lowest BCUT2D eigenvalue weighted by Crippen LogP contribution is -2.10. The van der Waals surface area contributed by atoms with Crippen LogP contribution in [0.1, 0.15) is 11.4 Å². The zero-order valence-electron chi connectivity index (χ0n) is 13.6. The number of hydrogen-bond donors (Lipinski definition) is 2. The molecule has 2 aromatic carbocycles. The lowest BCUT2D eigenvalue weighted by atomic mass is 10.2. The van der Waals surface area contributed by atoms with Gasteiger partial charge < -0.3 is 19.6 Å². The number of fused-ring (bicyclic) bond motifs is 1. The normalized spacial score (nSPS) is 11.6. The third-order valence-corrected chi connectivity index (χ3v) is 4.03. The van der Waals surface area contributed by atoms with Crippen molar-refractivity contribution in [3.8, 4) is 11.5 Å². The number of hydrogen-bond acceptors (Lipinski definition) is 4. The van der Waals surface area contributed by atoms with Crippen LogP contribution in [0.5, 0.6) is 11.5 Å². The highest BCUT2D eigenvalue weighted by Crippen LogP contribution is 2.30. The fourth-order valence-corrected chi connectivity index (χ4v) is 2.73. The average Bonchev–Trinajstić information content (AvgIpc) is 3.03. The monoisotopic (exact) mass is 392 g/mol. The van der Waals surface area contributed by atoms with Crippen molar-refractivity contribution >= 4 is 51.3 Å². The Balaban J connectivity index is 1.88. The number of methoxy groups -OCH3 is 1. The minimum Gasteiger partial charge on any atom is -0.493 e. The average molecular weight is 393 g/mol. The second kappa shape index (κ2) is 7.68. The molecule has 0 saturated heterocycles. The van der Waals surface area contributed by atoms with Gasteiger partial charge in [-0.3, -0.25) is 0 Å². The number of nitrogens with zero attached hydrogens (tertiary/aromatic N) is 1. The zero-order chi connectivity index (χ0) is 18.7. The van der Waals surface area contributed by atoms with Gasteiger partial charge in [0.15, 0.2) is 18.1 Å². The van der Waals surface area contributed by atoms with Gasteiger partial charge in [0.25, 0.3) is 0 Å². The predicted octanol–water partition coefficient (Wildman–Crippen LogP) is 4.43. The number of rotatable bonds is 6. The van der Waals surface area contributed by atoms with E-state index in [1.54, 1.807) is 42.5 Å². The molecule has 2 N–H and O–H groups in total. The molecule has 134 valence electrons. The summed E-state index contributed by atoms with van der Waals surface area (Å²) in [5, 5.41) is 9.71. The van der Waals surface area contributed by atoms with Crippen LogP contribution in [0, 0.1) is 0 Å². The zero-order valence-corrected chi connectivity index (χ0v) is 15.1. The molecule has 0 atom stereocenters. The number of ether oxygens (including phenoxy) is 2. The summed E-state index contributed by atoms with van der Waals surface area (Å²) < 4.78 is 10.4. The minimum atomic E-state index is -1.07. The van der Waals surface area contributed by atoms with E-state index in [-0.39, 0.29) is 0 Å². The number of nitrogens with one attached hydrogen (secondary N) is 1. The molecule has 6 nitrogen and oxygen atoms in total. The van der Waals surface area contributed by atoms with Crippen molar-refractivity contribution in [3.63, 3.8) is 0 Å². The number of halogens is 2. The van der Waals surface area contributed by atoms with E-state index < -0.39 is 12.6 Å². The number of carbonyl (C=O) groups is 1. The van der Waals surface area contributed by atoms with Crippen molar-refractivity contribution in [1.29, 1.82) is 0 Å². The predicted molar refractivity (Wildman–Crippen MR) is 101 cm³/mol. The van der Waals surface area contributed by atoms with Gasteiger partial charge in [0, 0.05) is 5.02 Å². The van der Waals surface area contributed by atoms with E-state index in [9.17, 15) is 4.79 Å². The number of carboxylic acid groups (broad SMARTS) is 1. The largest absolute Gasteiger partial charge is 0.493 e. The van der Waals surface area contributed by atoms with E-state index in [1.807, 2.05) is 0 Å². The highest BCUT2D eigenvalue weighted by Gasteiger charge is 2.10. The minimum absolute atomic E-state index is 0.335. The molecule has 0 aliphatic carbocycles. The summed E-state index contributed by atoms with van der Waals surface area (Å²) in [5.41, 5.74) is 2.29. The Morgan fingerprint density at radius 1 is 1.27 bits per heavy atom. The smallest absolute Gasteiger partial charge is 0.341 e. The van der Waals surface area contributed by atoms with Crippen molar-refractivity contribution in [2.45, 2.75) is 0 Å². The van der Waals surface area contributed by atoms with Gasteiger partial charge in [-0.15, -0.1) is 0 Å². The van der Waals surface area contributed by atoms with Gasteiger partial charge in [0.1, 0.15) is 5.82 Å². The van der Waals surface area contributed by atoms with Crippen molar-refractivity contribution in [2.75, 3.05) is 13.7 Å². The summed E-state index contributed by atoms with van der Waals surface area (Å²) in [7, 11) is 1.47. The van der Waals surface area contributed by atoms with Crippen LogP contribution in [-0.2, 0) is 4.79 Å². The van der Waals surface area contributed by atoms with Gasteiger partial charge in [-0.25, -0.2) is 9.78 Å². The lowest BCUT2D eigenvalue weighted by molar-refractivity contribution is -0.139. The van der Waals surface area contributed by atoms with Gasteiger partial charge in [0.2, 0.25) is 0 Å². The Bertz CT molecular complexity index is 998. The third-order valence-electron chi connectivity index (χ3n) is 3.50. The summed E-state index contributed by atoms with van der Waals surface area (Å²) in [6.07, 6.45) is 1.71. The van der Waals surface area contributed by atoms with Gasteiger partial charge in [-0.1, -0.05) is 29.3 Å². The van der Waals surface area contributed by atoms with Crippen LogP contribution in [0.3, 0.4) is 0 Å². The molecule has 0 bridgehead atoms. The summed E-state index contributed by atoms with van der Waals surface area (Å²) >= 11 is 12.3. The number of aromatic amines is 1. The Kier molecular flexibility index (Phi) is 5.35. The fraction of sp³-hybridized carbons (Fsp3) is 0.111. The van der Waals surface area contributed by atoms with Crippen molar-refractivity contribution < 1.29 is 19.4 Å². The first-order valence-corrected chi connectivity index (χ1v) is 8.27. The molecule has 0 amide bonds. The second-order valence-electron chi connectivity index (χ2n) is 5.33. The summed E-state index contributed by atoms with van der Waals surface area (Å²) in [6.45, 7) is -0.451. The molecule has 0 unspecified atom stereocenters. The first kappa shape index (κ1) is 18.1.